The summed E-state index contributed by atoms with van der Waals surface area (Å²) in [6.07, 6.45) is 3.56. The highest BCUT2D eigenvalue weighted by Crippen LogP contribution is 2.26. The molecule has 0 aromatic heterocycles. The molecule has 144 valence electrons. The monoisotopic (exact) mass is 371 g/mol. The van der Waals surface area contributed by atoms with Crippen molar-refractivity contribution in [1.82, 2.24) is 15.5 Å². The number of amides is 3. The first kappa shape index (κ1) is 19.1. The first-order valence-electron chi connectivity index (χ1n) is 9.49. The Morgan fingerprint density at radius 3 is 2.37 bits per heavy atom. The van der Waals surface area contributed by atoms with Gasteiger partial charge >= 0.3 is 0 Å². The lowest BCUT2D eigenvalue weighted by atomic mass is 9.85. The fraction of sp³-hybridized carbons (Fsp3) is 0.500. The fourth-order valence-corrected chi connectivity index (χ4v) is 3.40. The molecule has 1 aliphatic carbocycles. The van der Waals surface area contributed by atoms with Gasteiger partial charge in [0.1, 0.15) is 6.04 Å². The molecule has 1 aliphatic heterocycles. The predicted octanol–water partition coefficient (Wildman–Crippen LogP) is 0.779. The number of hydrogen-bond donors (Lipinski definition) is 2. The van der Waals surface area contributed by atoms with E-state index in [9.17, 15) is 19.2 Å². The van der Waals surface area contributed by atoms with Crippen molar-refractivity contribution in [3.8, 4) is 0 Å². The van der Waals surface area contributed by atoms with Crippen LogP contribution in [0.3, 0.4) is 0 Å². The molecule has 2 aliphatic rings. The molecule has 1 heterocycles. The summed E-state index contributed by atoms with van der Waals surface area (Å²) >= 11 is 0. The van der Waals surface area contributed by atoms with Crippen LogP contribution in [0, 0.1) is 5.92 Å². The third-order valence-electron chi connectivity index (χ3n) is 5.24. The first-order valence-corrected chi connectivity index (χ1v) is 9.49. The standard InChI is InChI=1S/C20H25N3O4/c24-17-10-9-16(23(17)13-14-5-2-1-3-6-14)18(25)20(27)22-12-11-21-19(26)15-7-4-8-15/h1-3,5-6,15-16H,4,7-13H2,(H,21,26)(H,22,27)/t16-/m1/s1. The summed E-state index contributed by atoms with van der Waals surface area (Å²) in [5.41, 5.74) is 0.921. The van der Waals surface area contributed by atoms with Gasteiger partial charge in [-0.1, -0.05) is 36.8 Å². The van der Waals surface area contributed by atoms with E-state index >= 15 is 0 Å². The molecule has 2 N–H and O–H groups in total. The maximum atomic E-state index is 12.5. The molecule has 27 heavy (non-hydrogen) atoms. The van der Waals surface area contributed by atoms with Gasteiger partial charge in [0.25, 0.3) is 5.91 Å². The molecule has 1 saturated heterocycles. The van der Waals surface area contributed by atoms with Gasteiger partial charge in [0.05, 0.1) is 0 Å². The van der Waals surface area contributed by atoms with Gasteiger partial charge in [-0.05, 0) is 24.8 Å². The number of likely N-dealkylation sites (tertiary alicyclic amines) is 1. The smallest absolute Gasteiger partial charge is 0.289 e. The van der Waals surface area contributed by atoms with Crippen molar-refractivity contribution in [2.24, 2.45) is 5.92 Å². The van der Waals surface area contributed by atoms with Crippen LogP contribution < -0.4 is 10.6 Å². The lowest BCUT2D eigenvalue weighted by molar-refractivity contribution is -0.143. The third-order valence-corrected chi connectivity index (χ3v) is 5.24. The van der Waals surface area contributed by atoms with Crippen LogP contribution in [0.5, 0.6) is 0 Å². The van der Waals surface area contributed by atoms with Crippen LogP contribution in [-0.2, 0) is 25.7 Å². The van der Waals surface area contributed by atoms with Crippen molar-refractivity contribution in [3.05, 3.63) is 35.9 Å². The number of carbonyl (C=O) groups excluding carboxylic acids is 4. The fourth-order valence-electron chi connectivity index (χ4n) is 3.40. The van der Waals surface area contributed by atoms with Crippen LogP contribution in [0.25, 0.3) is 0 Å². The molecule has 3 rings (SSSR count). The average molecular weight is 371 g/mol. The minimum Gasteiger partial charge on any atom is -0.354 e. The number of carbonyl (C=O) groups is 4. The van der Waals surface area contributed by atoms with Crippen LogP contribution in [0.4, 0.5) is 0 Å². The lowest BCUT2D eigenvalue weighted by Crippen LogP contribution is -2.47. The van der Waals surface area contributed by atoms with Crippen molar-refractivity contribution < 1.29 is 19.2 Å². The van der Waals surface area contributed by atoms with Gasteiger partial charge in [-0.3, -0.25) is 19.2 Å². The summed E-state index contributed by atoms with van der Waals surface area (Å²) in [5.74, 6) is -1.30. The Morgan fingerprint density at radius 2 is 1.70 bits per heavy atom. The zero-order valence-electron chi connectivity index (χ0n) is 15.3. The van der Waals surface area contributed by atoms with Gasteiger partial charge < -0.3 is 15.5 Å². The molecule has 2 fully saturated rings. The van der Waals surface area contributed by atoms with E-state index in [0.29, 0.717) is 19.5 Å². The van der Waals surface area contributed by atoms with Crippen LogP contribution in [0.15, 0.2) is 30.3 Å². The molecule has 0 bridgehead atoms. The molecular formula is C20H25N3O4. The maximum Gasteiger partial charge on any atom is 0.289 e. The van der Waals surface area contributed by atoms with Gasteiger partial charge in [-0.15, -0.1) is 0 Å². The maximum absolute atomic E-state index is 12.5. The number of benzene rings is 1. The topological polar surface area (TPSA) is 95.6 Å². The first-order chi connectivity index (χ1) is 13.1. The Hall–Kier alpha value is -2.70. The second-order valence-corrected chi connectivity index (χ2v) is 7.10. The zero-order chi connectivity index (χ0) is 19.2. The molecule has 1 aromatic carbocycles. The van der Waals surface area contributed by atoms with E-state index in [1.54, 1.807) is 0 Å². The number of rotatable bonds is 8. The summed E-state index contributed by atoms with van der Waals surface area (Å²) in [6, 6.07) is 8.68. The number of hydrogen-bond acceptors (Lipinski definition) is 4. The summed E-state index contributed by atoms with van der Waals surface area (Å²) in [4.78, 5) is 50.0. The van der Waals surface area contributed by atoms with Gasteiger partial charge in [0, 0.05) is 32.0 Å². The number of ketones is 1. The van der Waals surface area contributed by atoms with Gasteiger partial charge in [0.2, 0.25) is 17.6 Å². The van der Waals surface area contributed by atoms with E-state index in [4.69, 9.17) is 0 Å². The third kappa shape index (κ3) is 4.72. The number of nitrogens with one attached hydrogen (secondary N) is 2. The van der Waals surface area contributed by atoms with Crippen LogP contribution >= 0.6 is 0 Å². The van der Waals surface area contributed by atoms with Crippen molar-refractivity contribution in [2.45, 2.75) is 44.7 Å². The molecule has 0 unspecified atom stereocenters. The summed E-state index contributed by atoms with van der Waals surface area (Å²) in [5, 5.41) is 5.32. The van der Waals surface area contributed by atoms with Crippen LogP contribution in [-0.4, -0.2) is 47.5 Å². The van der Waals surface area contributed by atoms with Gasteiger partial charge in [0.15, 0.2) is 0 Å². The Morgan fingerprint density at radius 1 is 1.00 bits per heavy atom. The SMILES string of the molecule is O=C(NCCNC(=O)C1CCC1)C(=O)[C@H]1CCC(=O)N1Cc1ccccc1. The lowest BCUT2D eigenvalue weighted by Gasteiger charge is -2.24. The molecule has 0 spiro atoms. The van der Waals surface area contributed by atoms with Crippen molar-refractivity contribution in [3.63, 3.8) is 0 Å². The molecule has 1 saturated carbocycles. The second kappa shape index (κ2) is 8.79. The van der Waals surface area contributed by atoms with E-state index in [-0.39, 0.29) is 30.7 Å². The molecule has 7 nitrogen and oxygen atoms in total. The molecule has 1 aromatic rings. The van der Waals surface area contributed by atoms with Crippen molar-refractivity contribution in [2.75, 3.05) is 13.1 Å². The summed E-state index contributed by atoms with van der Waals surface area (Å²) in [6.45, 7) is 0.814. The minimum absolute atomic E-state index is 0.0113. The Balaban J connectivity index is 1.47. The van der Waals surface area contributed by atoms with Gasteiger partial charge in [-0.2, -0.15) is 0 Å². The van der Waals surface area contributed by atoms with E-state index in [1.165, 1.54) is 4.90 Å². The van der Waals surface area contributed by atoms with E-state index in [1.807, 2.05) is 30.3 Å². The zero-order valence-corrected chi connectivity index (χ0v) is 15.3. The average Bonchev–Trinajstić information content (AvgIpc) is 2.98. The summed E-state index contributed by atoms with van der Waals surface area (Å²) in [7, 11) is 0. The molecule has 0 radical (unpaired) electrons. The minimum atomic E-state index is -0.720. The summed E-state index contributed by atoms with van der Waals surface area (Å²) < 4.78 is 0. The molecule has 7 heteroatoms. The van der Waals surface area contributed by atoms with E-state index in [0.717, 1.165) is 24.8 Å². The van der Waals surface area contributed by atoms with Crippen molar-refractivity contribution >= 4 is 23.5 Å². The molecule has 3 amide bonds. The Bertz CT molecular complexity index is 715. The number of nitrogens with zero attached hydrogens (tertiary/aromatic N) is 1. The predicted molar refractivity (Wildman–Crippen MR) is 98.4 cm³/mol. The van der Waals surface area contributed by atoms with Gasteiger partial charge in [-0.25, -0.2) is 0 Å². The number of Topliss-reactive ketones (excluding diaryl/α,β-unsaturated/α-hetero) is 1. The van der Waals surface area contributed by atoms with Crippen LogP contribution in [0.1, 0.15) is 37.7 Å². The van der Waals surface area contributed by atoms with Crippen LogP contribution in [0.2, 0.25) is 0 Å². The largest absolute Gasteiger partial charge is 0.354 e. The molecule has 1 atom stereocenters. The highest BCUT2D eigenvalue weighted by molar-refractivity contribution is 6.38. The molecular weight excluding hydrogens is 346 g/mol. The Kier molecular flexibility index (Phi) is 6.21. The quantitative estimate of drug-likeness (QED) is 0.521. The Labute approximate surface area is 158 Å². The van der Waals surface area contributed by atoms with E-state index in [2.05, 4.69) is 10.6 Å². The van der Waals surface area contributed by atoms with E-state index < -0.39 is 17.7 Å². The highest BCUT2D eigenvalue weighted by atomic mass is 16.2. The highest BCUT2D eigenvalue weighted by Gasteiger charge is 2.38. The second-order valence-electron chi connectivity index (χ2n) is 7.10. The van der Waals surface area contributed by atoms with Crippen molar-refractivity contribution in [1.29, 1.82) is 0 Å². The normalized spacial score (nSPS) is 19.5.